The largest absolute Gasteiger partial charge is 0.399 e. The van der Waals surface area contributed by atoms with Gasteiger partial charge >= 0.3 is 0 Å². The van der Waals surface area contributed by atoms with Crippen molar-refractivity contribution < 1.29 is 5.11 Å². The predicted molar refractivity (Wildman–Crippen MR) is 63.7 cm³/mol. The fourth-order valence-corrected chi connectivity index (χ4v) is 1.57. The molecule has 0 spiro atoms. The van der Waals surface area contributed by atoms with Gasteiger partial charge < -0.3 is 15.7 Å². The van der Waals surface area contributed by atoms with Gasteiger partial charge in [-0.05, 0) is 32.0 Å². The molecule has 3 N–H and O–H groups in total. The van der Waals surface area contributed by atoms with Crippen LogP contribution in [0.5, 0.6) is 0 Å². The monoisotopic (exact) mass is 208 g/mol. The molecule has 0 radical (unpaired) electrons. The molecule has 0 aliphatic rings. The maximum atomic E-state index is 8.84. The first-order valence-corrected chi connectivity index (χ1v) is 5.29. The van der Waals surface area contributed by atoms with Crippen LogP contribution in [0.15, 0.2) is 24.3 Å². The van der Waals surface area contributed by atoms with Gasteiger partial charge in [0.1, 0.15) is 0 Å². The van der Waals surface area contributed by atoms with Gasteiger partial charge in [0.25, 0.3) is 0 Å². The summed E-state index contributed by atoms with van der Waals surface area (Å²) in [7, 11) is 2.01. The molecule has 0 aliphatic heterocycles. The molecule has 0 heterocycles. The van der Waals surface area contributed by atoms with E-state index in [0.29, 0.717) is 12.6 Å². The minimum absolute atomic E-state index is 0.200. The normalized spacial score (nSPS) is 13.1. The van der Waals surface area contributed by atoms with Crippen LogP contribution in [0.4, 0.5) is 5.69 Å². The van der Waals surface area contributed by atoms with Crippen molar-refractivity contribution in [1.29, 1.82) is 0 Å². The molecule has 84 valence electrons. The van der Waals surface area contributed by atoms with E-state index < -0.39 is 0 Å². The molecule has 0 aliphatic carbocycles. The molecule has 0 fully saturated rings. The van der Waals surface area contributed by atoms with Crippen molar-refractivity contribution in [2.24, 2.45) is 0 Å². The molecule has 0 aromatic heterocycles. The standard InChI is InChI=1S/C12H20N2O/c1-10(14(2)7-8-15)9-11-5-3-4-6-12(11)13/h3-6,10,15H,7-9,13H2,1-2H3. The van der Waals surface area contributed by atoms with Crippen LogP contribution >= 0.6 is 0 Å². The van der Waals surface area contributed by atoms with Gasteiger partial charge in [-0.15, -0.1) is 0 Å². The third-order valence-corrected chi connectivity index (χ3v) is 2.78. The van der Waals surface area contributed by atoms with E-state index in [9.17, 15) is 0 Å². The molecule has 3 heteroatoms. The summed E-state index contributed by atoms with van der Waals surface area (Å²) in [5.41, 5.74) is 7.90. The van der Waals surface area contributed by atoms with Crippen LogP contribution in [0, 0.1) is 0 Å². The Bertz CT molecular complexity index is 301. The minimum atomic E-state index is 0.200. The molecule has 1 atom stereocenters. The van der Waals surface area contributed by atoms with Gasteiger partial charge in [-0.25, -0.2) is 0 Å². The highest BCUT2D eigenvalue weighted by molar-refractivity contribution is 5.46. The lowest BCUT2D eigenvalue weighted by atomic mass is 10.0. The third kappa shape index (κ3) is 3.53. The van der Waals surface area contributed by atoms with Crippen LogP contribution in [0.2, 0.25) is 0 Å². The fourth-order valence-electron chi connectivity index (χ4n) is 1.57. The van der Waals surface area contributed by atoms with Crippen LogP contribution in [0.25, 0.3) is 0 Å². The first kappa shape index (κ1) is 12.0. The van der Waals surface area contributed by atoms with E-state index in [-0.39, 0.29) is 6.61 Å². The molecular formula is C12H20N2O. The van der Waals surface area contributed by atoms with E-state index in [2.05, 4.69) is 17.9 Å². The van der Waals surface area contributed by atoms with E-state index in [1.165, 1.54) is 5.56 Å². The summed E-state index contributed by atoms with van der Waals surface area (Å²) in [6.45, 7) is 3.04. The number of para-hydroxylation sites is 1. The summed E-state index contributed by atoms with van der Waals surface area (Å²) in [4.78, 5) is 2.13. The number of anilines is 1. The molecule has 0 bridgehead atoms. The number of nitrogen functional groups attached to an aromatic ring is 1. The van der Waals surface area contributed by atoms with Crippen LogP contribution < -0.4 is 5.73 Å². The van der Waals surface area contributed by atoms with E-state index >= 15 is 0 Å². The summed E-state index contributed by atoms with van der Waals surface area (Å²) in [6.07, 6.45) is 0.920. The zero-order chi connectivity index (χ0) is 11.3. The number of rotatable bonds is 5. The summed E-state index contributed by atoms with van der Waals surface area (Å²) >= 11 is 0. The molecule has 15 heavy (non-hydrogen) atoms. The van der Waals surface area contributed by atoms with E-state index in [1.807, 2.05) is 25.2 Å². The maximum absolute atomic E-state index is 8.84. The molecule has 1 aromatic rings. The van der Waals surface area contributed by atoms with Gasteiger partial charge in [0.15, 0.2) is 0 Å². The Morgan fingerprint density at radius 2 is 2.07 bits per heavy atom. The highest BCUT2D eigenvalue weighted by Gasteiger charge is 2.10. The Kier molecular flexibility index (Phi) is 4.59. The first-order chi connectivity index (χ1) is 7.15. The van der Waals surface area contributed by atoms with Crippen molar-refractivity contribution in [3.8, 4) is 0 Å². The fraction of sp³-hybridized carbons (Fsp3) is 0.500. The van der Waals surface area contributed by atoms with Gasteiger partial charge in [-0.3, -0.25) is 0 Å². The topological polar surface area (TPSA) is 49.5 Å². The second-order valence-electron chi connectivity index (χ2n) is 3.96. The number of likely N-dealkylation sites (N-methyl/N-ethyl adjacent to an activating group) is 1. The Balaban J connectivity index is 2.58. The lowest BCUT2D eigenvalue weighted by Gasteiger charge is -2.24. The van der Waals surface area contributed by atoms with Gasteiger partial charge in [-0.2, -0.15) is 0 Å². The van der Waals surface area contributed by atoms with Gasteiger partial charge in [-0.1, -0.05) is 18.2 Å². The summed E-state index contributed by atoms with van der Waals surface area (Å²) in [5, 5.41) is 8.84. The molecule has 1 rings (SSSR count). The Morgan fingerprint density at radius 1 is 1.40 bits per heavy atom. The third-order valence-electron chi connectivity index (χ3n) is 2.78. The Morgan fingerprint density at radius 3 is 2.67 bits per heavy atom. The summed E-state index contributed by atoms with van der Waals surface area (Å²) in [6, 6.07) is 8.32. The average Bonchev–Trinajstić information content (AvgIpc) is 2.21. The van der Waals surface area contributed by atoms with Crippen LogP contribution in [0.1, 0.15) is 12.5 Å². The Labute approximate surface area is 91.5 Å². The smallest absolute Gasteiger partial charge is 0.0558 e. The van der Waals surface area contributed by atoms with Gasteiger partial charge in [0.05, 0.1) is 6.61 Å². The number of hydrogen-bond donors (Lipinski definition) is 2. The van der Waals surface area contributed by atoms with Crippen LogP contribution in [-0.4, -0.2) is 36.2 Å². The second kappa shape index (κ2) is 5.73. The number of nitrogens with two attached hydrogens (primary N) is 1. The molecule has 0 saturated heterocycles. The van der Waals surface area contributed by atoms with Gasteiger partial charge in [0.2, 0.25) is 0 Å². The molecule has 3 nitrogen and oxygen atoms in total. The van der Waals surface area contributed by atoms with E-state index in [1.54, 1.807) is 0 Å². The lowest BCUT2D eigenvalue weighted by molar-refractivity contribution is 0.187. The SMILES string of the molecule is CC(Cc1ccccc1N)N(C)CCO. The quantitative estimate of drug-likeness (QED) is 0.713. The van der Waals surface area contributed by atoms with Crippen LogP contribution in [0.3, 0.4) is 0 Å². The zero-order valence-electron chi connectivity index (χ0n) is 9.48. The molecule has 1 aromatic carbocycles. The highest BCUT2D eigenvalue weighted by Crippen LogP contribution is 2.14. The minimum Gasteiger partial charge on any atom is -0.399 e. The molecular weight excluding hydrogens is 188 g/mol. The Hall–Kier alpha value is -1.06. The van der Waals surface area contributed by atoms with Crippen molar-refractivity contribution in [1.82, 2.24) is 4.90 Å². The number of aliphatic hydroxyl groups excluding tert-OH is 1. The summed E-state index contributed by atoms with van der Waals surface area (Å²) in [5.74, 6) is 0. The number of benzene rings is 1. The van der Waals surface area contributed by atoms with Crippen molar-refractivity contribution in [3.63, 3.8) is 0 Å². The van der Waals surface area contributed by atoms with E-state index in [4.69, 9.17) is 10.8 Å². The molecule has 0 amide bonds. The maximum Gasteiger partial charge on any atom is 0.0558 e. The molecule has 1 unspecified atom stereocenters. The van der Waals surface area contributed by atoms with Crippen molar-refractivity contribution in [3.05, 3.63) is 29.8 Å². The predicted octanol–water partition coefficient (Wildman–Crippen LogP) is 1.12. The van der Waals surface area contributed by atoms with Crippen molar-refractivity contribution >= 4 is 5.69 Å². The average molecular weight is 208 g/mol. The second-order valence-corrected chi connectivity index (χ2v) is 3.96. The number of hydrogen-bond acceptors (Lipinski definition) is 3. The molecule has 0 saturated carbocycles. The van der Waals surface area contributed by atoms with Gasteiger partial charge in [0, 0.05) is 18.3 Å². The van der Waals surface area contributed by atoms with Crippen molar-refractivity contribution in [2.75, 3.05) is 25.9 Å². The lowest BCUT2D eigenvalue weighted by Crippen LogP contribution is -2.33. The summed E-state index contributed by atoms with van der Waals surface area (Å²) < 4.78 is 0. The van der Waals surface area contributed by atoms with Crippen LogP contribution in [-0.2, 0) is 6.42 Å². The van der Waals surface area contributed by atoms with E-state index in [0.717, 1.165) is 12.1 Å². The highest BCUT2D eigenvalue weighted by atomic mass is 16.3. The zero-order valence-corrected chi connectivity index (χ0v) is 9.48. The number of nitrogens with zero attached hydrogens (tertiary/aromatic N) is 1. The van der Waals surface area contributed by atoms with Crippen molar-refractivity contribution in [2.45, 2.75) is 19.4 Å². The first-order valence-electron chi connectivity index (χ1n) is 5.29. The number of aliphatic hydroxyl groups is 1.